The number of amides is 1. The molecule has 0 unspecified atom stereocenters. The second-order valence-electron chi connectivity index (χ2n) is 6.67. The van der Waals surface area contributed by atoms with Gasteiger partial charge in [-0.1, -0.05) is 41.9 Å². The Balaban J connectivity index is 1.60. The number of nitrogens with one attached hydrogen (secondary N) is 1. The second-order valence-corrected chi connectivity index (χ2v) is 7.10. The standard InChI is InChI=1S/C23H17ClN2O3/c24-19-8-5-15(6-9-19)13-16-3-1-2-4-20(16)22(27)25-26-12-11-17-14-18(23(28)29)7-10-21(17)26/h1-12,14H,13H2,(H,25,27)(H,28,29). The maximum atomic E-state index is 12.9. The van der Waals surface area contributed by atoms with Crippen LogP contribution in [0.3, 0.4) is 0 Å². The van der Waals surface area contributed by atoms with Crippen LogP contribution in [-0.2, 0) is 6.42 Å². The Morgan fingerprint density at radius 1 is 0.966 bits per heavy atom. The van der Waals surface area contributed by atoms with Crippen LogP contribution in [0.15, 0.2) is 79.0 Å². The van der Waals surface area contributed by atoms with E-state index in [1.807, 2.05) is 42.5 Å². The van der Waals surface area contributed by atoms with Gasteiger partial charge in [0.15, 0.2) is 0 Å². The van der Waals surface area contributed by atoms with Crippen LogP contribution in [0.25, 0.3) is 10.9 Å². The topological polar surface area (TPSA) is 71.3 Å². The van der Waals surface area contributed by atoms with Crippen molar-refractivity contribution in [3.8, 4) is 0 Å². The first-order chi connectivity index (χ1) is 14.0. The summed E-state index contributed by atoms with van der Waals surface area (Å²) in [5, 5.41) is 10.5. The fraction of sp³-hybridized carbons (Fsp3) is 0.0435. The molecule has 6 heteroatoms. The molecule has 0 atom stereocenters. The monoisotopic (exact) mass is 404 g/mol. The van der Waals surface area contributed by atoms with Gasteiger partial charge in [-0.3, -0.25) is 14.9 Å². The highest BCUT2D eigenvalue weighted by molar-refractivity contribution is 6.30. The molecule has 0 saturated heterocycles. The first kappa shape index (κ1) is 18.8. The lowest BCUT2D eigenvalue weighted by Gasteiger charge is -2.12. The highest BCUT2D eigenvalue weighted by atomic mass is 35.5. The van der Waals surface area contributed by atoms with Gasteiger partial charge in [0.25, 0.3) is 5.91 Å². The summed E-state index contributed by atoms with van der Waals surface area (Å²) in [7, 11) is 0. The number of carboxylic acids is 1. The van der Waals surface area contributed by atoms with E-state index in [1.165, 1.54) is 6.07 Å². The van der Waals surface area contributed by atoms with Crippen LogP contribution in [0.5, 0.6) is 0 Å². The van der Waals surface area contributed by atoms with E-state index in [4.69, 9.17) is 16.7 Å². The van der Waals surface area contributed by atoms with Gasteiger partial charge < -0.3 is 5.11 Å². The Hall–Kier alpha value is -3.57. The average Bonchev–Trinajstić information content (AvgIpc) is 3.12. The van der Waals surface area contributed by atoms with E-state index in [9.17, 15) is 9.59 Å². The summed E-state index contributed by atoms with van der Waals surface area (Å²) in [5.74, 6) is -1.23. The Morgan fingerprint density at radius 3 is 2.48 bits per heavy atom. The Labute approximate surface area is 172 Å². The Bertz CT molecular complexity index is 1210. The van der Waals surface area contributed by atoms with Gasteiger partial charge in [-0.05, 0) is 60.0 Å². The van der Waals surface area contributed by atoms with Crippen LogP contribution in [0.2, 0.25) is 5.02 Å². The first-order valence-electron chi connectivity index (χ1n) is 8.99. The van der Waals surface area contributed by atoms with Crippen molar-refractivity contribution in [1.82, 2.24) is 4.68 Å². The van der Waals surface area contributed by atoms with Crippen LogP contribution in [0, 0.1) is 0 Å². The molecule has 1 amide bonds. The molecule has 5 nitrogen and oxygen atoms in total. The van der Waals surface area contributed by atoms with Crippen molar-refractivity contribution < 1.29 is 14.7 Å². The summed E-state index contributed by atoms with van der Waals surface area (Å²) in [6.07, 6.45) is 2.31. The lowest BCUT2D eigenvalue weighted by Crippen LogP contribution is -2.23. The molecule has 29 heavy (non-hydrogen) atoms. The fourth-order valence-corrected chi connectivity index (χ4v) is 3.39. The molecule has 0 saturated carbocycles. The number of halogens is 1. The molecule has 1 aromatic heterocycles. The number of hydrogen-bond donors (Lipinski definition) is 2. The zero-order chi connectivity index (χ0) is 20.4. The van der Waals surface area contributed by atoms with Crippen LogP contribution in [0.1, 0.15) is 31.8 Å². The summed E-state index contributed by atoms with van der Waals surface area (Å²) < 4.78 is 1.60. The molecule has 0 bridgehead atoms. The third-order valence-corrected chi connectivity index (χ3v) is 4.98. The van der Waals surface area contributed by atoms with Crippen LogP contribution >= 0.6 is 11.6 Å². The molecule has 0 radical (unpaired) electrons. The van der Waals surface area contributed by atoms with E-state index in [0.717, 1.165) is 22.0 Å². The summed E-state index contributed by atoms with van der Waals surface area (Å²) in [5.41, 5.74) is 6.33. The number of nitrogens with zero attached hydrogens (tertiary/aromatic N) is 1. The number of aromatic carboxylic acids is 1. The molecular weight excluding hydrogens is 388 g/mol. The molecule has 0 aliphatic carbocycles. The molecule has 2 N–H and O–H groups in total. The molecule has 3 aromatic carbocycles. The minimum Gasteiger partial charge on any atom is -0.478 e. The van der Waals surface area contributed by atoms with Crippen molar-refractivity contribution in [2.24, 2.45) is 0 Å². The number of carboxylic acid groups (broad SMARTS) is 1. The van der Waals surface area contributed by atoms with E-state index in [2.05, 4.69) is 5.43 Å². The molecule has 4 aromatic rings. The fourth-order valence-electron chi connectivity index (χ4n) is 3.26. The summed E-state index contributed by atoms with van der Waals surface area (Å²) in [6.45, 7) is 0. The number of aromatic nitrogens is 1. The van der Waals surface area contributed by atoms with Gasteiger partial charge in [0.1, 0.15) is 0 Å². The Kier molecular flexibility index (Phi) is 5.06. The molecular formula is C23H17ClN2O3. The van der Waals surface area contributed by atoms with Gasteiger partial charge in [-0.2, -0.15) is 0 Å². The molecule has 1 heterocycles. The summed E-state index contributed by atoms with van der Waals surface area (Å²) in [6, 6.07) is 21.5. The maximum absolute atomic E-state index is 12.9. The van der Waals surface area contributed by atoms with Crippen molar-refractivity contribution in [1.29, 1.82) is 0 Å². The normalized spacial score (nSPS) is 10.8. The van der Waals surface area contributed by atoms with Crippen molar-refractivity contribution in [2.75, 3.05) is 5.43 Å². The van der Waals surface area contributed by atoms with Gasteiger partial charge in [-0.15, -0.1) is 0 Å². The molecule has 0 spiro atoms. The average molecular weight is 405 g/mol. The number of carbonyl (C=O) groups is 2. The van der Waals surface area contributed by atoms with Crippen LogP contribution in [-0.4, -0.2) is 21.7 Å². The number of fused-ring (bicyclic) bond motifs is 1. The van der Waals surface area contributed by atoms with Crippen LogP contribution in [0.4, 0.5) is 0 Å². The van der Waals surface area contributed by atoms with Gasteiger partial charge in [0.05, 0.1) is 11.1 Å². The predicted octanol–water partition coefficient (Wildman–Crippen LogP) is 4.97. The van der Waals surface area contributed by atoms with E-state index in [1.54, 1.807) is 35.1 Å². The van der Waals surface area contributed by atoms with Crippen molar-refractivity contribution in [3.63, 3.8) is 0 Å². The highest BCUT2D eigenvalue weighted by Gasteiger charge is 2.13. The minimum atomic E-state index is -0.986. The lowest BCUT2D eigenvalue weighted by molar-refractivity contribution is 0.0696. The quantitative estimate of drug-likeness (QED) is 0.493. The molecule has 0 aliphatic heterocycles. The Morgan fingerprint density at radius 2 is 1.72 bits per heavy atom. The number of benzene rings is 3. The van der Waals surface area contributed by atoms with Gasteiger partial charge in [-0.25, -0.2) is 4.79 Å². The molecule has 0 fully saturated rings. The third-order valence-electron chi connectivity index (χ3n) is 4.73. The van der Waals surface area contributed by atoms with E-state index < -0.39 is 5.97 Å². The number of hydrogen-bond acceptors (Lipinski definition) is 2. The SMILES string of the molecule is O=C(O)c1ccc2c(ccn2NC(=O)c2ccccc2Cc2ccc(Cl)cc2)c1. The van der Waals surface area contributed by atoms with E-state index >= 15 is 0 Å². The van der Waals surface area contributed by atoms with Crippen molar-refractivity contribution >= 4 is 34.4 Å². The minimum absolute atomic E-state index is 0.204. The van der Waals surface area contributed by atoms with Crippen molar-refractivity contribution in [3.05, 3.63) is 106 Å². The van der Waals surface area contributed by atoms with Gasteiger partial charge >= 0.3 is 5.97 Å². The summed E-state index contributed by atoms with van der Waals surface area (Å²) in [4.78, 5) is 24.1. The smallest absolute Gasteiger partial charge is 0.335 e. The van der Waals surface area contributed by atoms with E-state index in [-0.39, 0.29) is 11.5 Å². The molecule has 4 rings (SSSR count). The third kappa shape index (κ3) is 4.00. The van der Waals surface area contributed by atoms with Gasteiger partial charge in [0, 0.05) is 22.2 Å². The molecule has 0 aliphatic rings. The number of carbonyl (C=O) groups excluding carboxylic acids is 1. The number of rotatable bonds is 5. The van der Waals surface area contributed by atoms with E-state index in [0.29, 0.717) is 17.0 Å². The lowest BCUT2D eigenvalue weighted by atomic mass is 9.99. The molecule has 144 valence electrons. The predicted molar refractivity (Wildman–Crippen MR) is 113 cm³/mol. The van der Waals surface area contributed by atoms with Crippen LogP contribution < -0.4 is 5.43 Å². The zero-order valence-corrected chi connectivity index (χ0v) is 16.1. The van der Waals surface area contributed by atoms with Gasteiger partial charge in [0.2, 0.25) is 0 Å². The zero-order valence-electron chi connectivity index (χ0n) is 15.3. The first-order valence-corrected chi connectivity index (χ1v) is 9.37. The maximum Gasteiger partial charge on any atom is 0.335 e. The highest BCUT2D eigenvalue weighted by Crippen LogP contribution is 2.19. The van der Waals surface area contributed by atoms with Crippen molar-refractivity contribution in [2.45, 2.75) is 6.42 Å². The largest absolute Gasteiger partial charge is 0.478 e. The second kappa shape index (κ2) is 7.81. The summed E-state index contributed by atoms with van der Waals surface area (Å²) >= 11 is 5.95.